The molecule has 2 aliphatic rings. The topological polar surface area (TPSA) is 33.2 Å². The summed E-state index contributed by atoms with van der Waals surface area (Å²) in [6.07, 6.45) is 7.73. The van der Waals surface area contributed by atoms with Crippen LogP contribution in [0, 0.1) is 11.7 Å². The van der Waals surface area contributed by atoms with Gasteiger partial charge in [0.05, 0.1) is 12.1 Å². The fourth-order valence-electron chi connectivity index (χ4n) is 4.33. The molecule has 1 aliphatic heterocycles. The van der Waals surface area contributed by atoms with E-state index in [1.807, 2.05) is 11.4 Å². The molecule has 1 amide bonds. The molecule has 0 radical (unpaired) electrons. The minimum atomic E-state index is -0.262. The number of hydrogen-bond acceptors (Lipinski definition) is 3. The van der Waals surface area contributed by atoms with Gasteiger partial charge in [0, 0.05) is 23.5 Å². The van der Waals surface area contributed by atoms with E-state index in [0.29, 0.717) is 18.4 Å². The van der Waals surface area contributed by atoms with Crippen LogP contribution in [0.5, 0.6) is 0 Å². The maximum atomic E-state index is 13.4. The van der Waals surface area contributed by atoms with Crippen molar-refractivity contribution in [1.82, 2.24) is 9.88 Å². The lowest BCUT2D eigenvalue weighted by Gasteiger charge is -2.44. The summed E-state index contributed by atoms with van der Waals surface area (Å²) < 4.78 is 13.4. The summed E-state index contributed by atoms with van der Waals surface area (Å²) in [6, 6.07) is 6.90. The molecule has 3 nitrogen and oxygen atoms in total. The number of amides is 1. The molecule has 2 unspecified atom stereocenters. The number of nitrogens with zero attached hydrogens (tertiary/aromatic N) is 2. The molecule has 132 valence electrons. The molecule has 1 saturated heterocycles. The average Bonchev–Trinajstić information content (AvgIpc) is 3.10. The minimum absolute atomic E-state index is 0.202. The van der Waals surface area contributed by atoms with Crippen LogP contribution in [-0.2, 0) is 11.2 Å². The lowest BCUT2D eigenvalue weighted by atomic mass is 9.78. The van der Waals surface area contributed by atoms with E-state index in [-0.39, 0.29) is 11.7 Å². The number of fused-ring (bicyclic) bond motifs is 1. The maximum absolute atomic E-state index is 13.4. The summed E-state index contributed by atoms with van der Waals surface area (Å²) >= 11 is 1.47. The number of hydrogen-bond donors (Lipinski definition) is 0. The molecule has 1 aromatic carbocycles. The van der Waals surface area contributed by atoms with Crippen LogP contribution in [0.3, 0.4) is 0 Å². The molecule has 1 saturated carbocycles. The summed E-state index contributed by atoms with van der Waals surface area (Å²) in [5.74, 6) is 0.638. The minimum Gasteiger partial charge on any atom is -0.339 e. The second-order valence-electron chi connectivity index (χ2n) is 7.17. The van der Waals surface area contributed by atoms with Crippen molar-refractivity contribution in [3.8, 4) is 10.6 Å². The Morgan fingerprint density at radius 3 is 2.96 bits per heavy atom. The highest BCUT2D eigenvalue weighted by atomic mass is 32.1. The van der Waals surface area contributed by atoms with Gasteiger partial charge in [-0.2, -0.15) is 0 Å². The number of piperidine rings is 1. The second-order valence-corrected chi connectivity index (χ2v) is 8.03. The van der Waals surface area contributed by atoms with Gasteiger partial charge in [-0.3, -0.25) is 4.79 Å². The first kappa shape index (κ1) is 16.7. The van der Waals surface area contributed by atoms with E-state index in [2.05, 4.69) is 9.88 Å². The highest BCUT2D eigenvalue weighted by Crippen LogP contribution is 2.35. The van der Waals surface area contributed by atoms with Crippen molar-refractivity contribution in [2.75, 3.05) is 6.54 Å². The fourth-order valence-corrected chi connectivity index (χ4v) is 5.15. The highest BCUT2D eigenvalue weighted by Gasteiger charge is 2.35. The van der Waals surface area contributed by atoms with Gasteiger partial charge in [-0.05, 0) is 43.7 Å². The molecule has 25 heavy (non-hydrogen) atoms. The average molecular weight is 358 g/mol. The second kappa shape index (κ2) is 7.24. The summed E-state index contributed by atoms with van der Waals surface area (Å²) in [7, 11) is 0. The Hall–Kier alpha value is -1.75. The Bertz CT molecular complexity index is 758. The molecule has 2 fully saturated rings. The monoisotopic (exact) mass is 358 g/mol. The van der Waals surface area contributed by atoms with Gasteiger partial charge in [0.25, 0.3) is 0 Å². The zero-order chi connectivity index (χ0) is 17.2. The van der Waals surface area contributed by atoms with E-state index >= 15 is 0 Å². The SMILES string of the molecule is O=C(Cc1csc(-c2cccc(F)c2)n1)N1CCCC2CCCCC21. The molecule has 4 rings (SSSR count). The van der Waals surface area contributed by atoms with Crippen LogP contribution < -0.4 is 0 Å². The van der Waals surface area contributed by atoms with Crippen molar-refractivity contribution < 1.29 is 9.18 Å². The molecule has 2 heterocycles. The molecule has 5 heteroatoms. The van der Waals surface area contributed by atoms with Gasteiger partial charge in [-0.25, -0.2) is 9.37 Å². The third kappa shape index (κ3) is 3.61. The highest BCUT2D eigenvalue weighted by molar-refractivity contribution is 7.13. The zero-order valence-electron chi connectivity index (χ0n) is 14.3. The van der Waals surface area contributed by atoms with E-state index in [1.54, 1.807) is 6.07 Å². The fraction of sp³-hybridized carbons (Fsp3) is 0.500. The van der Waals surface area contributed by atoms with Crippen LogP contribution in [0.4, 0.5) is 4.39 Å². The predicted molar refractivity (Wildman–Crippen MR) is 97.9 cm³/mol. The van der Waals surface area contributed by atoms with Crippen molar-refractivity contribution in [3.05, 3.63) is 41.2 Å². The first-order valence-corrected chi connectivity index (χ1v) is 10.1. The molecular formula is C20H23FN2OS. The molecular weight excluding hydrogens is 335 g/mol. The van der Waals surface area contributed by atoms with Gasteiger partial charge in [0.15, 0.2) is 0 Å². The molecule has 0 spiro atoms. The number of carbonyl (C=O) groups excluding carboxylic acids is 1. The first-order chi connectivity index (χ1) is 12.2. The van der Waals surface area contributed by atoms with Crippen LogP contribution in [0.1, 0.15) is 44.2 Å². The van der Waals surface area contributed by atoms with Crippen LogP contribution in [0.2, 0.25) is 0 Å². The summed E-state index contributed by atoms with van der Waals surface area (Å²) in [5, 5.41) is 2.71. The molecule has 1 aliphatic carbocycles. The summed E-state index contributed by atoms with van der Waals surface area (Å²) in [4.78, 5) is 19.5. The van der Waals surface area contributed by atoms with E-state index in [9.17, 15) is 9.18 Å². The van der Waals surface area contributed by atoms with Crippen molar-refractivity contribution in [2.24, 2.45) is 5.92 Å². The van der Waals surface area contributed by atoms with Crippen LogP contribution >= 0.6 is 11.3 Å². The Morgan fingerprint density at radius 2 is 2.08 bits per heavy atom. The van der Waals surface area contributed by atoms with Crippen molar-refractivity contribution in [3.63, 3.8) is 0 Å². The van der Waals surface area contributed by atoms with Gasteiger partial charge < -0.3 is 4.90 Å². The van der Waals surface area contributed by atoms with E-state index in [4.69, 9.17) is 0 Å². The van der Waals surface area contributed by atoms with Gasteiger partial charge in [-0.15, -0.1) is 11.3 Å². The van der Waals surface area contributed by atoms with Crippen LogP contribution in [0.25, 0.3) is 10.6 Å². The number of thiazole rings is 1. The Balaban J connectivity index is 1.46. The molecule has 2 atom stereocenters. The number of carbonyl (C=O) groups is 1. The standard InChI is InChI=1S/C20H23FN2OS/c21-16-8-3-6-15(11-16)20-22-17(13-25-20)12-19(24)23-10-4-7-14-5-1-2-9-18(14)23/h3,6,8,11,13-14,18H,1-2,4-5,7,9-10,12H2. The molecule has 2 aromatic rings. The number of benzene rings is 1. The predicted octanol–water partition coefficient (Wildman–Crippen LogP) is 4.67. The Labute approximate surface area is 151 Å². The van der Waals surface area contributed by atoms with Gasteiger partial charge in [0.2, 0.25) is 5.91 Å². The maximum Gasteiger partial charge on any atom is 0.228 e. The lowest BCUT2D eigenvalue weighted by molar-refractivity contribution is -0.136. The number of aromatic nitrogens is 1. The van der Waals surface area contributed by atoms with Crippen LogP contribution in [0.15, 0.2) is 29.6 Å². The summed E-state index contributed by atoms with van der Waals surface area (Å²) in [5.41, 5.74) is 1.57. The quantitative estimate of drug-likeness (QED) is 0.799. The lowest BCUT2D eigenvalue weighted by Crippen LogP contribution is -2.50. The normalized spacial score (nSPS) is 23.3. The number of halogens is 1. The van der Waals surface area contributed by atoms with E-state index in [1.165, 1.54) is 49.2 Å². The van der Waals surface area contributed by atoms with Crippen molar-refractivity contribution in [1.29, 1.82) is 0 Å². The smallest absolute Gasteiger partial charge is 0.228 e. The molecule has 1 aromatic heterocycles. The molecule has 0 N–H and O–H groups in total. The first-order valence-electron chi connectivity index (χ1n) is 9.20. The van der Waals surface area contributed by atoms with Crippen molar-refractivity contribution >= 4 is 17.2 Å². The largest absolute Gasteiger partial charge is 0.339 e. The third-order valence-corrected chi connectivity index (χ3v) is 6.46. The third-order valence-electron chi connectivity index (χ3n) is 5.52. The Morgan fingerprint density at radius 1 is 1.24 bits per heavy atom. The molecule has 0 bridgehead atoms. The number of rotatable bonds is 3. The van der Waals surface area contributed by atoms with Gasteiger partial charge in [-0.1, -0.05) is 25.0 Å². The zero-order valence-corrected chi connectivity index (χ0v) is 15.1. The van der Waals surface area contributed by atoms with E-state index < -0.39 is 0 Å². The van der Waals surface area contributed by atoms with Gasteiger partial charge >= 0.3 is 0 Å². The Kier molecular flexibility index (Phi) is 4.84. The number of likely N-dealkylation sites (tertiary alicyclic amines) is 1. The van der Waals surface area contributed by atoms with Crippen LogP contribution in [-0.4, -0.2) is 28.4 Å². The van der Waals surface area contributed by atoms with Crippen molar-refractivity contribution in [2.45, 2.75) is 51.0 Å². The van der Waals surface area contributed by atoms with Gasteiger partial charge in [0.1, 0.15) is 10.8 Å². The summed E-state index contributed by atoms with van der Waals surface area (Å²) in [6.45, 7) is 0.890. The van der Waals surface area contributed by atoms with E-state index in [0.717, 1.165) is 35.7 Å².